The van der Waals surface area contributed by atoms with E-state index in [0.29, 0.717) is 25.9 Å². The van der Waals surface area contributed by atoms with E-state index in [-0.39, 0.29) is 23.8 Å². The van der Waals surface area contributed by atoms with Gasteiger partial charge in [-0.2, -0.15) is 0 Å². The van der Waals surface area contributed by atoms with E-state index in [1.807, 2.05) is 60.7 Å². The lowest BCUT2D eigenvalue weighted by Crippen LogP contribution is -2.35. The predicted molar refractivity (Wildman–Crippen MR) is 134 cm³/mol. The molecule has 1 amide bonds. The first-order chi connectivity index (χ1) is 16.9. The van der Waals surface area contributed by atoms with Gasteiger partial charge in [0.15, 0.2) is 6.61 Å². The smallest absolute Gasteiger partial charge is 0.306 e. The number of esters is 1. The van der Waals surface area contributed by atoms with Gasteiger partial charge in [-0.25, -0.2) is 13.1 Å². The van der Waals surface area contributed by atoms with E-state index in [1.54, 1.807) is 17.0 Å². The van der Waals surface area contributed by atoms with Crippen molar-refractivity contribution in [2.75, 3.05) is 20.2 Å². The zero-order valence-electron chi connectivity index (χ0n) is 19.7. The lowest BCUT2D eigenvalue weighted by molar-refractivity contribution is -0.152. The Morgan fingerprint density at radius 2 is 1.37 bits per heavy atom. The number of carbonyl (C=O) groups excluding carboxylic acids is 2. The fourth-order valence-electron chi connectivity index (χ4n) is 3.51. The molecule has 1 N–H and O–H groups in total. The van der Waals surface area contributed by atoms with E-state index in [2.05, 4.69) is 4.72 Å². The van der Waals surface area contributed by atoms with Crippen molar-refractivity contribution in [2.24, 2.45) is 0 Å². The van der Waals surface area contributed by atoms with Crippen molar-refractivity contribution >= 4 is 21.9 Å². The minimum absolute atomic E-state index is 0.0914. The fraction of sp³-hybridized carbons (Fsp3) is 0.259. The van der Waals surface area contributed by atoms with Crippen molar-refractivity contribution in [3.05, 3.63) is 102 Å². The highest BCUT2D eigenvalue weighted by Crippen LogP contribution is 2.12. The minimum atomic E-state index is -3.50. The average molecular weight is 495 g/mol. The molecule has 3 aromatic rings. The van der Waals surface area contributed by atoms with Gasteiger partial charge in [-0.05, 0) is 48.7 Å². The van der Waals surface area contributed by atoms with Crippen molar-refractivity contribution in [3.63, 3.8) is 0 Å². The zero-order chi connectivity index (χ0) is 25.1. The first-order valence-electron chi connectivity index (χ1n) is 11.4. The Bertz CT molecular complexity index is 1200. The summed E-state index contributed by atoms with van der Waals surface area (Å²) in [7, 11) is -2.15. The highest BCUT2D eigenvalue weighted by molar-refractivity contribution is 7.89. The van der Waals surface area contributed by atoms with Crippen LogP contribution in [0.1, 0.15) is 23.1 Å². The summed E-state index contributed by atoms with van der Waals surface area (Å²) in [6.45, 7) is 0.628. The maximum Gasteiger partial charge on any atom is 0.306 e. The number of nitrogens with zero attached hydrogens (tertiary/aromatic N) is 1. The molecule has 0 aliphatic heterocycles. The van der Waals surface area contributed by atoms with Crippen LogP contribution < -0.4 is 4.72 Å². The molecule has 8 heteroatoms. The number of ether oxygens (including phenoxy) is 1. The molecule has 3 rings (SSSR count). The van der Waals surface area contributed by atoms with Crippen LogP contribution >= 0.6 is 0 Å². The van der Waals surface area contributed by atoms with E-state index >= 15 is 0 Å². The first-order valence-corrected chi connectivity index (χ1v) is 12.9. The maximum absolute atomic E-state index is 12.9. The molecule has 0 heterocycles. The molecule has 7 nitrogen and oxygen atoms in total. The van der Waals surface area contributed by atoms with Crippen LogP contribution in [0.5, 0.6) is 0 Å². The molecule has 0 aliphatic carbocycles. The molecule has 0 bridgehead atoms. The second kappa shape index (κ2) is 12.8. The molecule has 0 spiro atoms. The van der Waals surface area contributed by atoms with Crippen LogP contribution in [-0.4, -0.2) is 45.4 Å². The summed E-state index contributed by atoms with van der Waals surface area (Å²) in [6, 6.07) is 25.9. The van der Waals surface area contributed by atoms with Crippen molar-refractivity contribution in [2.45, 2.75) is 30.7 Å². The van der Waals surface area contributed by atoms with Gasteiger partial charge in [0.05, 0.1) is 4.90 Å². The number of rotatable bonds is 12. The van der Waals surface area contributed by atoms with Gasteiger partial charge in [0.1, 0.15) is 0 Å². The number of benzene rings is 3. The quantitative estimate of drug-likeness (QED) is 0.390. The molecule has 0 unspecified atom stereocenters. The Balaban J connectivity index is 1.52. The molecule has 0 saturated carbocycles. The average Bonchev–Trinajstić information content (AvgIpc) is 2.89. The van der Waals surface area contributed by atoms with Gasteiger partial charge in [-0.3, -0.25) is 9.59 Å². The van der Waals surface area contributed by atoms with Gasteiger partial charge < -0.3 is 9.64 Å². The van der Waals surface area contributed by atoms with Crippen LogP contribution in [0.15, 0.2) is 89.8 Å². The Kier molecular flexibility index (Phi) is 9.57. The maximum atomic E-state index is 12.9. The van der Waals surface area contributed by atoms with E-state index in [1.165, 1.54) is 19.2 Å². The number of aryl methyl sites for hydroxylation is 1. The summed E-state index contributed by atoms with van der Waals surface area (Å²) >= 11 is 0. The Morgan fingerprint density at radius 3 is 1.97 bits per heavy atom. The number of hydrogen-bond donors (Lipinski definition) is 1. The van der Waals surface area contributed by atoms with Gasteiger partial charge in [-0.15, -0.1) is 0 Å². The monoisotopic (exact) mass is 494 g/mol. The Labute approximate surface area is 206 Å². The van der Waals surface area contributed by atoms with Crippen molar-refractivity contribution in [1.29, 1.82) is 0 Å². The molecule has 0 saturated heterocycles. The number of carbonyl (C=O) groups is 2. The highest BCUT2D eigenvalue weighted by Gasteiger charge is 2.17. The van der Waals surface area contributed by atoms with Crippen LogP contribution in [0.25, 0.3) is 0 Å². The Hall–Kier alpha value is -3.49. The molecule has 0 radical (unpaired) electrons. The third-order valence-corrected chi connectivity index (χ3v) is 6.99. The van der Waals surface area contributed by atoms with Crippen LogP contribution in [0.3, 0.4) is 0 Å². The summed E-state index contributed by atoms with van der Waals surface area (Å²) in [5.74, 6) is -0.729. The summed E-state index contributed by atoms with van der Waals surface area (Å²) in [4.78, 5) is 27.0. The predicted octanol–water partition coefficient (Wildman–Crippen LogP) is 3.34. The molecule has 184 valence electrons. The van der Waals surface area contributed by atoms with E-state index in [0.717, 1.165) is 16.7 Å². The normalized spacial score (nSPS) is 11.1. The van der Waals surface area contributed by atoms with Crippen molar-refractivity contribution < 1.29 is 22.7 Å². The third kappa shape index (κ3) is 8.35. The molecule has 0 fully saturated rings. The Morgan fingerprint density at radius 1 is 0.800 bits per heavy atom. The molecule has 0 atom stereocenters. The highest BCUT2D eigenvalue weighted by atomic mass is 32.2. The second-order valence-electron chi connectivity index (χ2n) is 8.05. The number of sulfonamides is 1. The van der Waals surface area contributed by atoms with Gasteiger partial charge in [-0.1, -0.05) is 72.8 Å². The SMILES string of the molecule is CNS(=O)(=O)c1ccc(CCC(=O)OCC(=O)N(CCc2ccccc2)Cc2ccccc2)cc1. The number of hydrogen-bond acceptors (Lipinski definition) is 5. The number of nitrogens with one attached hydrogen (secondary N) is 1. The largest absolute Gasteiger partial charge is 0.456 e. The molecule has 3 aromatic carbocycles. The lowest BCUT2D eigenvalue weighted by atomic mass is 10.1. The van der Waals surface area contributed by atoms with E-state index in [9.17, 15) is 18.0 Å². The van der Waals surface area contributed by atoms with E-state index in [4.69, 9.17) is 4.74 Å². The minimum Gasteiger partial charge on any atom is -0.456 e. The lowest BCUT2D eigenvalue weighted by Gasteiger charge is -2.23. The van der Waals surface area contributed by atoms with Gasteiger partial charge in [0.2, 0.25) is 10.0 Å². The zero-order valence-corrected chi connectivity index (χ0v) is 20.5. The van der Waals surface area contributed by atoms with Crippen molar-refractivity contribution in [3.8, 4) is 0 Å². The van der Waals surface area contributed by atoms with Crippen LogP contribution in [0.2, 0.25) is 0 Å². The summed E-state index contributed by atoms with van der Waals surface area (Å²) in [5.41, 5.74) is 2.93. The fourth-order valence-corrected chi connectivity index (χ4v) is 4.24. The van der Waals surface area contributed by atoms with Gasteiger partial charge in [0, 0.05) is 19.5 Å². The van der Waals surface area contributed by atoms with Crippen LogP contribution in [0.4, 0.5) is 0 Å². The summed E-state index contributed by atoms with van der Waals surface area (Å²) in [5, 5.41) is 0. The second-order valence-corrected chi connectivity index (χ2v) is 9.94. The standard InChI is InChI=1S/C27H30N2O5S/c1-28-35(32,33)25-15-12-23(13-16-25)14-17-27(31)34-21-26(30)29(20-24-10-6-3-7-11-24)19-18-22-8-4-2-5-9-22/h2-13,15-16,28H,14,17-21H2,1H3. The topological polar surface area (TPSA) is 92.8 Å². The number of amides is 1. The van der Waals surface area contributed by atoms with Gasteiger partial charge >= 0.3 is 5.97 Å². The molecule has 35 heavy (non-hydrogen) atoms. The van der Waals surface area contributed by atoms with Crippen molar-refractivity contribution in [1.82, 2.24) is 9.62 Å². The first kappa shape index (κ1) is 26.1. The summed E-state index contributed by atoms with van der Waals surface area (Å²) < 4.78 is 31.1. The summed E-state index contributed by atoms with van der Waals surface area (Å²) in [6.07, 6.45) is 1.18. The van der Waals surface area contributed by atoms with Gasteiger partial charge in [0.25, 0.3) is 5.91 Å². The molecular weight excluding hydrogens is 464 g/mol. The van der Waals surface area contributed by atoms with Crippen LogP contribution in [-0.2, 0) is 43.7 Å². The molecule has 0 aromatic heterocycles. The molecule has 0 aliphatic rings. The third-order valence-electron chi connectivity index (χ3n) is 5.56. The van der Waals surface area contributed by atoms with Crippen LogP contribution in [0, 0.1) is 0 Å². The molecular formula is C27H30N2O5S. The van der Waals surface area contributed by atoms with E-state index < -0.39 is 16.0 Å².